The average molecular weight is 296 g/mol. The summed E-state index contributed by atoms with van der Waals surface area (Å²) < 4.78 is 30.7. The van der Waals surface area contributed by atoms with Crippen LogP contribution in [0, 0.1) is 0 Å². The third kappa shape index (κ3) is 4.87. The second-order valence-electron chi connectivity index (χ2n) is 3.82. The Balaban J connectivity index is 4.93. The molecule has 0 atom stereocenters. The maximum Gasteiger partial charge on any atom is 0.322 e. The van der Waals surface area contributed by atoms with Gasteiger partial charge in [-0.15, -0.1) is 0 Å². The van der Waals surface area contributed by atoms with Gasteiger partial charge in [0.15, 0.2) is 5.75 Å². The first-order valence-corrected chi connectivity index (χ1v) is 7.76. The molecule has 0 aliphatic carbocycles. The first-order chi connectivity index (χ1) is 8.23. The molecular weight excluding hydrogens is 276 g/mol. The molecule has 3 N–H and O–H groups in total. The molecule has 0 aliphatic rings. The quantitative estimate of drug-likeness (QED) is 0.494. The van der Waals surface area contributed by atoms with Crippen molar-refractivity contribution in [2.75, 3.05) is 12.4 Å². The van der Waals surface area contributed by atoms with E-state index in [4.69, 9.17) is 18.0 Å². The fourth-order valence-electron chi connectivity index (χ4n) is 1.48. The molecule has 8 heteroatoms. The van der Waals surface area contributed by atoms with Gasteiger partial charge in [0.2, 0.25) is 10.0 Å². The van der Waals surface area contributed by atoms with Crippen molar-refractivity contribution in [2.45, 2.75) is 39.2 Å². The van der Waals surface area contributed by atoms with Crippen LogP contribution in [-0.4, -0.2) is 37.3 Å². The van der Waals surface area contributed by atoms with Gasteiger partial charge in [-0.05, 0) is 19.8 Å². The molecule has 0 amide bonds. The van der Waals surface area contributed by atoms with E-state index in [1.54, 1.807) is 20.8 Å². The summed E-state index contributed by atoms with van der Waals surface area (Å²) in [5.74, 6) is -1.53. The van der Waals surface area contributed by atoms with Gasteiger partial charge in [0.05, 0.1) is 17.1 Å². The van der Waals surface area contributed by atoms with E-state index in [2.05, 4.69) is 9.46 Å². The number of nitrogens with two attached hydrogens (primary N) is 1. The Morgan fingerprint density at radius 2 is 1.83 bits per heavy atom. The fraction of sp³-hybridized carbons (Fsp3) is 0.800. The summed E-state index contributed by atoms with van der Waals surface area (Å²) in [4.78, 5) is 11.3. The highest BCUT2D eigenvalue weighted by molar-refractivity contribution is 7.90. The van der Waals surface area contributed by atoms with E-state index in [0.29, 0.717) is 12.8 Å². The van der Waals surface area contributed by atoms with Crippen molar-refractivity contribution in [1.29, 1.82) is 0 Å². The number of ether oxygens (including phenoxy) is 1. The zero-order valence-corrected chi connectivity index (χ0v) is 12.5. The molecule has 106 valence electrons. The van der Waals surface area contributed by atoms with Crippen molar-refractivity contribution >= 4 is 33.2 Å². The summed E-state index contributed by atoms with van der Waals surface area (Å²) >= 11 is 4.89. The highest BCUT2D eigenvalue weighted by atomic mass is 32.2. The Kier molecular flexibility index (Phi) is 6.72. The molecule has 0 fully saturated rings. The van der Waals surface area contributed by atoms with E-state index in [1.165, 1.54) is 0 Å². The van der Waals surface area contributed by atoms with Crippen LogP contribution < -0.4 is 10.5 Å². The maximum atomic E-state index is 11.8. The van der Waals surface area contributed by atoms with E-state index in [-0.39, 0.29) is 11.6 Å². The minimum absolute atomic E-state index is 0.0694. The normalized spacial score (nSPS) is 12.2. The number of carbonyl (C=O) groups is 1. The highest BCUT2D eigenvalue weighted by Gasteiger charge is 2.35. The van der Waals surface area contributed by atoms with Gasteiger partial charge in [-0.3, -0.25) is 4.79 Å². The van der Waals surface area contributed by atoms with Crippen LogP contribution in [0.15, 0.2) is 0 Å². The summed E-state index contributed by atoms with van der Waals surface area (Å²) in [6.45, 7) is 5.29. The maximum absolute atomic E-state index is 11.8. The van der Waals surface area contributed by atoms with E-state index < -0.39 is 27.3 Å². The first-order valence-electron chi connectivity index (χ1n) is 5.70. The SMILES string of the molecule is CCOC(=O)CS(=O)(=O)NC(CC)(CC)C(N)=S. The third-order valence-electron chi connectivity index (χ3n) is 2.64. The Labute approximate surface area is 113 Å². The van der Waals surface area contributed by atoms with Crippen molar-refractivity contribution in [3.63, 3.8) is 0 Å². The van der Waals surface area contributed by atoms with Gasteiger partial charge in [-0.1, -0.05) is 26.1 Å². The third-order valence-corrected chi connectivity index (χ3v) is 4.35. The van der Waals surface area contributed by atoms with E-state index >= 15 is 0 Å². The average Bonchev–Trinajstić information content (AvgIpc) is 2.25. The Morgan fingerprint density at radius 3 is 2.17 bits per heavy atom. The molecule has 0 saturated carbocycles. The van der Waals surface area contributed by atoms with Crippen LogP contribution in [0.4, 0.5) is 0 Å². The zero-order valence-electron chi connectivity index (χ0n) is 10.9. The van der Waals surface area contributed by atoms with Gasteiger partial charge >= 0.3 is 5.97 Å². The second-order valence-corrected chi connectivity index (χ2v) is 5.98. The van der Waals surface area contributed by atoms with E-state index in [1.807, 2.05) is 0 Å². The van der Waals surface area contributed by atoms with Crippen LogP contribution in [-0.2, 0) is 19.6 Å². The number of carbonyl (C=O) groups excluding carboxylic acids is 1. The molecule has 6 nitrogen and oxygen atoms in total. The predicted octanol–water partition coefficient (Wildman–Crippen LogP) is 0.314. The summed E-state index contributed by atoms with van der Waals surface area (Å²) in [5.41, 5.74) is 4.59. The van der Waals surface area contributed by atoms with Crippen LogP contribution in [0.3, 0.4) is 0 Å². The van der Waals surface area contributed by atoms with Gasteiger partial charge in [0, 0.05) is 0 Å². The monoisotopic (exact) mass is 296 g/mol. The van der Waals surface area contributed by atoms with Gasteiger partial charge in [0.1, 0.15) is 0 Å². The lowest BCUT2D eigenvalue weighted by Gasteiger charge is -2.31. The van der Waals surface area contributed by atoms with Crippen molar-refractivity contribution in [3.05, 3.63) is 0 Å². The molecule has 0 aromatic heterocycles. The summed E-state index contributed by atoms with van der Waals surface area (Å²) in [5, 5.41) is 0. The van der Waals surface area contributed by atoms with Gasteiger partial charge in [-0.2, -0.15) is 0 Å². The molecule has 0 rings (SSSR count). The summed E-state index contributed by atoms with van der Waals surface area (Å²) in [6, 6.07) is 0. The van der Waals surface area contributed by atoms with Gasteiger partial charge in [-0.25, -0.2) is 13.1 Å². The van der Waals surface area contributed by atoms with Crippen molar-refractivity contribution in [3.8, 4) is 0 Å². The minimum Gasteiger partial charge on any atom is -0.465 e. The number of hydrogen-bond donors (Lipinski definition) is 2. The van der Waals surface area contributed by atoms with Crippen LogP contribution in [0.25, 0.3) is 0 Å². The Bertz CT molecular complexity index is 402. The molecule has 0 aromatic rings. The molecule has 0 radical (unpaired) electrons. The first kappa shape index (κ1) is 17.3. The molecule has 0 saturated heterocycles. The molecule has 0 bridgehead atoms. The minimum atomic E-state index is -3.82. The Morgan fingerprint density at radius 1 is 1.33 bits per heavy atom. The van der Waals surface area contributed by atoms with E-state index in [9.17, 15) is 13.2 Å². The number of rotatable bonds is 8. The number of esters is 1. The fourth-order valence-corrected chi connectivity index (χ4v) is 3.35. The van der Waals surface area contributed by atoms with Crippen molar-refractivity contribution < 1.29 is 17.9 Å². The summed E-state index contributed by atoms with van der Waals surface area (Å²) in [7, 11) is -3.82. The number of thiocarbonyl (C=S) groups is 1. The number of nitrogens with one attached hydrogen (secondary N) is 1. The van der Waals surface area contributed by atoms with Crippen LogP contribution in [0.1, 0.15) is 33.6 Å². The van der Waals surface area contributed by atoms with Crippen LogP contribution in [0.2, 0.25) is 0 Å². The molecule has 18 heavy (non-hydrogen) atoms. The lowest BCUT2D eigenvalue weighted by Crippen LogP contribution is -2.56. The van der Waals surface area contributed by atoms with Gasteiger partial charge < -0.3 is 10.5 Å². The molecule has 0 aliphatic heterocycles. The van der Waals surface area contributed by atoms with Crippen molar-refractivity contribution in [2.24, 2.45) is 5.73 Å². The molecule has 0 unspecified atom stereocenters. The van der Waals surface area contributed by atoms with Crippen molar-refractivity contribution in [1.82, 2.24) is 4.72 Å². The van der Waals surface area contributed by atoms with Crippen LogP contribution in [0.5, 0.6) is 0 Å². The van der Waals surface area contributed by atoms with Gasteiger partial charge in [0.25, 0.3) is 0 Å². The van der Waals surface area contributed by atoms with E-state index in [0.717, 1.165) is 0 Å². The second kappa shape index (κ2) is 7.01. The number of hydrogen-bond acceptors (Lipinski definition) is 5. The Hall–Kier alpha value is -0.730. The topological polar surface area (TPSA) is 98.5 Å². The molecule has 0 heterocycles. The highest BCUT2D eigenvalue weighted by Crippen LogP contribution is 2.17. The predicted molar refractivity (Wildman–Crippen MR) is 73.7 cm³/mol. The summed E-state index contributed by atoms with van der Waals surface area (Å²) in [6.07, 6.45) is 0.835. The lowest BCUT2D eigenvalue weighted by molar-refractivity contribution is -0.139. The van der Waals surface area contributed by atoms with Crippen LogP contribution >= 0.6 is 12.2 Å². The zero-order chi connectivity index (χ0) is 14.4. The molecule has 0 aromatic carbocycles. The molecule has 0 spiro atoms. The lowest BCUT2D eigenvalue weighted by atomic mass is 9.94. The number of sulfonamides is 1. The standard InChI is InChI=1S/C10H20N2O4S2/c1-4-10(5-2,9(11)17)12-18(14,15)7-8(13)16-6-3/h12H,4-7H2,1-3H3,(H2,11,17). The molecular formula is C10H20N2O4S2. The largest absolute Gasteiger partial charge is 0.465 e. The smallest absolute Gasteiger partial charge is 0.322 e.